The normalized spacial score (nSPS) is 13.7. The van der Waals surface area contributed by atoms with E-state index in [0.29, 0.717) is 17.7 Å². The predicted molar refractivity (Wildman–Crippen MR) is 110 cm³/mol. The summed E-state index contributed by atoms with van der Waals surface area (Å²) in [7, 11) is 1.65. The average molecular weight is 408 g/mol. The zero-order chi connectivity index (χ0) is 21.7. The van der Waals surface area contributed by atoms with Crippen LogP contribution < -0.4 is 0 Å². The van der Waals surface area contributed by atoms with Crippen molar-refractivity contribution in [3.05, 3.63) is 71.3 Å². The molecule has 0 saturated carbocycles. The number of rotatable bonds is 8. The molecule has 1 aliphatic heterocycles. The first kappa shape index (κ1) is 21.2. The molecule has 0 bridgehead atoms. The lowest BCUT2D eigenvalue weighted by Crippen LogP contribution is -2.37. The largest absolute Gasteiger partial charge is 0.453 e. The van der Waals surface area contributed by atoms with Crippen molar-refractivity contribution < 1.29 is 23.9 Å². The summed E-state index contributed by atoms with van der Waals surface area (Å²) in [4.78, 5) is 51.8. The van der Waals surface area contributed by atoms with Gasteiger partial charge >= 0.3 is 5.97 Å². The molecule has 7 heteroatoms. The monoisotopic (exact) mass is 408 g/mol. The maximum atomic E-state index is 12.4. The summed E-state index contributed by atoms with van der Waals surface area (Å²) >= 11 is 0. The first-order valence-electron chi connectivity index (χ1n) is 9.82. The Morgan fingerprint density at radius 3 is 2.13 bits per heavy atom. The molecule has 0 aromatic heterocycles. The van der Waals surface area contributed by atoms with Gasteiger partial charge in [0.1, 0.15) is 0 Å². The molecule has 2 aromatic carbocycles. The first-order chi connectivity index (χ1) is 14.4. The molecule has 0 spiro atoms. The molecule has 2 aromatic rings. The SMILES string of the molecule is C[C@@H](OC(=O)CCCN1C(=O)c2ccccc2C1=O)C(=O)N(C)Cc1ccccc1. The third-order valence-electron chi connectivity index (χ3n) is 4.94. The number of ether oxygens (including phenoxy) is 1. The summed E-state index contributed by atoms with van der Waals surface area (Å²) in [5, 5.41) is 0. The van der Waals surface area contributed by atoms with Gasteiger partial charge in [-0.3, -0.25) is 24.1 Å². The Balaban J connectivity index is 1.44. The van der Waals surface area contributed by atoms with E-state index in [1.807, 2.05) is 30.3 Å². The highest BCUT2D eigenvalue weighted by molar-refractivity contribution is 6.21. The standard InChI is InChI=1S/C23H24N2O5/c1-16(21(27)24(2)15-17-9-4-3-5-10-17)30-20(26)13-8-14-25-22(28)18-11-6-7-12-19(18)23(25)29/h3-7,9-12,16H,8,13-15H2,1-2H3/t16-/m1/s1. The van der Waals surface area contributed by atoms with Gasteiger partial charge in [0.25, 0.3) is 17.7 Å². The number of amides is 3. The average Bonchev–Trinajstić information content (AvgIpc) is 2.99. The van der Waals surface area contributed by atoms with E-state index < -0.39 is 12.1 Å². The second kappa shape index (κ2) is 9.35. The quantitative estimate of drug-likeness (QED) is 0.495. The van der Waals surface area contributed by atoms with Crippen molar-refractivity contribution in [3.8, 4) is 0 Å². The minimum absolute atomic E-state index is 0.00737. The number of imide groups is 1. The molecule has 1 heterocycles. The summed E-state index contributed by atoms with van der Waals surface area (Å²) < 4.78 is 5.23. The number of carbonyl (C=O) groups is 4. The number of esters is 1. The number of benzene rings is 2. The van der Waals surface area contributed by atoms with E-state index in [9.17, 15) is 19.2 Å². The van der Waals surface area contributed by atoms with Gasteiger partial charge in [-0.15, -0.1) is 0 Å². The summed E-state index contributed by atoms with van der Waals surface area (Å²) in [5.41, 5.74) is 1.74. The Bertz CT molecular complexity index is 922. The van der Waals surface area contributed by atoms with Gasteiger partial charge in [-0.2, -0.15) is 0 Å². The van der Waals surface area contributed by atoms with Gasteiger partial charge in [0.05, 0.1) is 11.1 Å². The van der Waals surface area contributed by atoms with E-state index in [1.54, 1.807) is 31.3 Å². The molecular formula is C23H24N2O5. The fourth-order valence-electron chi connectivity index (χ4n) is 3.38. The summed E-state index contributed by atoms with van der Waals surface area (Å²) in [6, 6.07) is 16.2. The zero-order valence-corrected chi connectivity index (χ0v) is 17.0. The van der Waals surface area contributed by atoms with Crippen LogP contribution in [0.2, 0.25) is 0 Å². The van der Waals surface area contributed by atoms with Crippen LogP contribution in [0.25, 0.3) is 0 Å². The van der Waals surface area contributed by atoms with Crippen LogP contribution in [-0.4, -0.2) is 53.2 Å². The summed E-state index contributed by atoms with van der Waals surface area (Å²) in [6.45, 7) is 2.07. The molecule has 1 aliphatic rings. The Morgan fingerprint density at radius 1 is 0.967 bits per heavy atom. The van der Waals surface area contributed by atoms with Crippen LogP contribution in [0.15, 0.2) is 54.6 Å². The molecule has 0 aliphatic carbocycles. The molecule has 7 nitrogen and oxygen atoms in total. The molecule has 3 rings (SSSR count). The van der Waals surface area contributed by atoms with Crippen LogP contribution in [0.3, 0.4) is 0 Å². The molecule has 0 radical (unpaired) electrons. The molecule has 3 amide bonds. The maximum absolute atomic E-state index is 12.4. The topological polar surface area (TPSA) is 84.0 Å². The number of nitrogens with zero attached hydrogens (tertiary/aromatic N) is 2. The molecule has 0 fully saturated rings. The maximum Gasteiger partial charge on any atom is 0.306 e. The number of hydrogen-bond acceptors (Lipinski definition) is 5. The minimum atomic E-state index is -0.912. The third kappa shape index (κ3) is 4.74. The number of carbonyl (C=O) groups excluding carboxylic acids is 4. The van der Waals surface area contributed by atoms with Crippen molar-refractivity contribution in [2.75, 3.05) is 13.6 Å². The van der Waals surface area contributed by atoms with E-state index >= 15 is 0 Å². The lowest BCUT2D eigenvalue weighted by molar-refractivity contribution is -0.158. The van der Waals surface area contributed by atoms with Gasteiger partial charge < -0.3 is 9.64 Å². The molecule has 1 atom stereocenters. The van der Waals surface area contributed by atoms with E-state index in [2.05, 4.69) is 0 Å². The number of fused-ring (bicyclic) bond motifs is 1. The van der Waals surface area contributed by atoms with Gasteiger partial charge in [-0.25, -0.2) is 0 Å². The van der Waals surface area contributed by atoms with Crippen LogP contribution in [-0.2, 0) is 20.9 Å². The van der Waals surface area contributed by atoms with E-state index in [-0.39, 0.29) is 37.1 Å². The van der Waals surface area contributed by atoms with E-state index in [1.165, 1.54) is 11.8 Å². The van der Waals surface area contributed by atoms with Crippen LogP contribution in [0.1, 0.15) is 46.0 Å². The smallest absolute Gasteiger partial charge is 0.306 e. The predicted octanol–water partition coefficient (Wildman–Crippen LogP) is 2.65. The van der Waals surface area contributed by atoms with Gasteiger partial charge in [0.2, 0.25) is 0 Å². The van der Waals surface area contributed by atoms with E-state index in [0.717, 1.165) is 10.5 Å². The van der Waals surface area contributed by atoms with Crippen molar-refractivity contribution >= 4 is 23.7 Å². The Hall–Kier alpha value is -3.48. The Labute approximate surface area is 175 Å². The highest BCUT2D eigenvalue weighted by atomic mass is 16.5. The molecule has 0 saturated heterocycles. The van der Waals surface area contributed by atoms with Gasteiger partial charge in [-0.05, 0) is 31.0 Å². The van der Waals surface area contributed by atoms with E-state index in [4.69, 9.17) is 4.74 Å². The van der Waals surface area contributed by atoms with Crippen LogP contribution in [0, 0.1) is 0 Å². The molecule has 156 valence electrons. The second-order valence-corrected chi connectivity index (χ2v) is 7.22. The van der Waals surface area contributed by atoms with Crippen molar-refractivity contribution in [1.29, 1.82) is 0 Å². The van der Waals surface area contributed by atoms with Gasteiger partial charge in [0, 0.05) is 26.6 Å². The molecule has 0 unspecified atom stereocenters. The number of likely N-dealkylation sites (N-methyl/N-ethyl adjacent to an activating group) is 1. The second-order valence-electron chi connectivity index (χ2n) is 7.22. The van der Waals surface area contributed by atoms with Crippen molar-refractivity contribution in [3.63, 3.8) is 0 Å². The van der Waals surface area contributed by atoms with Crippen LogP contribution in [0.5, 0.6) is 0 Å². The van der Waals surface area contributed by atoms with Gasteiger partial charge in [-0.1, -0.05) is 42.5 Å². The summed E-state index contributed by atoms with van der Waals surface area (Å²) in [5.74, 6) is -1.54. The van der Waals surface area contributed by atoms with Crippen LogP contribution >= 0.6 is 0 Å². The Morgan fingerprint density at radius 2 is 1.53 bits per heavy atom. The zero-order valence-electron chi connectivity index (χ0n) is 17.0. The van der Waals surface area contributed by atoms with Gasteiger partial charge in [0.15, 0.2) is 6.10 Å². The lowest BCUT2D eigenvalue weighted by atomic mass is 10.1. The third-order valence-corrected chi connectivity index (χ3v) is 4.94. The highest BCUT2D eigenvalue weighted by Crippen LogP contribution is 2.22. The fraction of sp³-hybridized carbons (Fsp3) is 0.304. The molecule has 0 N–H and O–H groups in total. The number of hydrogen-bond donors (Lipinski definition) is 0. The lowest BCUT2D eigenvalue weighted by Gasteiger charge is -2.21. The fourth-order valence-corrected chi connectivity index (χ4v) is 3.38. The van der Waals surface area contributed by atoms with Crippen LogP contribution in [0.4, 0.5) is 0 Å². The minimum Gasteiger partial charge on any atom is -0.453 e. The van der Waals surface area contributed by atoms with Crippen molar-refractivity contribution in [1.82, 2.24) is 9.80 Å². The highest BCUT2D eigenvalue weighted by Gasteiger charge is 2.34. The Kier molecular flexibility index (Phi) is 6.61. The molecular weight excluding hydrogens is 384 g/mol. The summed E-state index contributed by atoms with van der Waals surface area (Å²) in [6.07, 6.45) is -0.635. The van der Waals surface area contributed by atoms with Crippen molar-refractivity contribution in [2.24, 2.45) is 0 Å². The molecule has 30 heavy (non-hydrogen) atoms. The van der Waals surface area contributed by atoms with Crippen molar-refractivity contribution in [2.45, 2.75) is 32.4 Å². The first-order valence-corrected chi connectivity index (χ1v) is 9.82.